The van der Waals surface area contributed by atoms with Crippen molar-refractivity contribution >= 4 is 35.0 Å². The summed E-state index contributed by atoms with van der Waals surface area (Å²) in [5, 5.41) is 4.14. The van der Waals surface area contributed by atoms with E-state index in [1.165, 1.54) is 0 Å². The van der Waals surface area contributed by atoms with Crippen molar-refractivity contribution in [2.45, 2.75) is 39.8 Å². The molecule has 2 amide bonds. The first-order valence-corrected chi connectivity index (χ1v) is 10.8. The summed E-state index contributed by atoms with van der Waals surface area (Å²) in [6.45, 7) is 6.60. The Morgan fingerprint density at radius 2 is 1.57 bits per heavy atom. The van der Waals surface area contributed by atoms with Gasteiger partial charge in [0.1, 0.15) is 11.8 Å². The second kappa shape index (κ2) is 11.8. The van der Waals surface area contributed by atoms with E-state index in [0.29, 0.717) is 34.7 Å². The summed E-state index contributed by atoms with van der Waals surface area (Å²) in [7, 11) is 0. The summed E-state index contributed by atoms with van der Waals surface area (Å²) >= 11 is 11.9. The van der Waals surface area contributed by atoms with E-state index in [1.807, 2.05) is 32.9 Å². The zero-order chi connectivity index (χ0) is 22.1. The maximum Gasteiger partial charge on any atom is 0.261 e. The van der Waals surface area contributed by atoms with Crippen LogP contribution in [0.4, 0.5) is 0 Å². The lowest BCUT2D eigenvalue weighted by Crippen LogP contribution is -2.50. The quantitative estimate of drug-likeness (QED) is 0.556. The topological polar surface area (TPSA) is 58.6 Å². The Balaban J connectivity index is 2.17. The van der Waals surface area contributed by atoms with E-state index in [9.17, 15) is 9.59 Å². The Kier molecular flexibility index (Phi) is 9.47. The average Bonchev–Trinajstić information content (AvgIpc) is 2.72. The Morgan fingerprint density at radius 1 is 1.00 bits per heavy atom. The Labute approximate surface area is 188 Å². The molecule has 0 fully saturated rings. The molecule has 0 radical (unpaired) electrons. The fourth-order valence-electron chi connectivity index (χ4n) is 2.89. The number of ether oxygens (including phenoxy) is 1. The summed E-state index contributed by atoms with van der Waals surface area (Å²) in [5.74, 6) is 0.420. The zero-order valence-corrected chi connectivity index (χ0v) is 19.0. The normalized spacial score (nSPS) is 11.8. The van der Waals surface area contributed by atoms with E-state index in [0.717, 1.165) is 5.56 Å². The van der Waals surface area contributed by atoms with Crippen LogP contribution in [0.1, 0.15) is 32.8 Å². The van der Waals surface area contributed by atoms with Crippen molar-refractivity contribution in [2.75, 3.05) is 13.2 Å². The summed E-state index contributed by atoms with van der Waals surface area (Å²) in [6, 6.07) is 13.4. The number of nitrogens with zero attached hydrogens (tertiary/aromatic N) is 1. The highest BCUT2D eigenvalue weighted by atomic mass is 35.5. The first kappa shape index (κ1) is 24.0. The minimum Gasteiger partial charge on any atom is -0.484 e. The minimum absolute atomic E-state index is 0.167. The monoisotopic (exact) mass is 450 g/mol. The molecule has 0 saturated heterocycles. The van der Waals surface area contributed by atoms with Crippen LogP contribution in [-0.2, 0) is 16.1 Å². The van der Waals surface area contributed by atoms with Crippen molar-refractivity contribution in [2.24, 2.45) is 5.92 Å². The molecule has 0 aliphatic heterocycles. The van der Waals surface area contributed by atoms with Gasteiger partial charge in [-0.1, -0.05) is 56.1 Å². The lowest BCUT2D eigenvalue weighted by atomic mass is 10.1. The third-order valence-electron chi connectivity index (χ3n) is 4.51. The highest BCUT2D eigenvalue weighted by Gasteiger charge is 2.29. The smallest absolute Gasteiger partial charge is 0.261 e. The first-order chi connectivity index (χ1) is 14.3. The molecule has 0 heterocycles. The number of carbonyl (C=O) groups excluding carboxylic acids is 2. The van der Waals surface area contributed by atoms with E-state index < -0.39 is 6.04 Å². The van der Waals surface area contributed by atoms with Crippen LogP contribution >= 0.6 is 23.2 Å². The van der Waals surface area contributed by atoms with Crippen LogP contribution in [0, 0.1) is 5.92 Å². The van der Waals surface area contributed by atoms with Gasteiger partial charge in [0.15, 0.2) is 6.61 Å². The lowest BCUT2D eigenvalue weighted by molar-refractivity contribution is -0.143. The molecule has 1 N–H and O–H groups in total. The summed E-state index contributed by atoms with van der Waals surface area (Å²) in [4.78, 5) is 27.4. The third-order valence-corrected chi connectivity index (χ3v) is 5.02. The van der Waals surface area contributed by atoms with E-state index in [4.69, 9.17) is 27.9 Å². The van der Waals surface area contributed by atoms with Crippen molar-refractivity contribution < 1.29 is 14.3 Å². The first-order valence-electron chi connectivity index (χ1n) is 10.00. The van der Waals surface area contributed by atoms with Crippen molar-refractivity contribution in [3.05, 3.63) is 64.1 Å². The molecule has 162 valence electrons. The van der Waals surface area contributed by atoms with Crippen LogP contribution in [0.25, 0.3) is 0 Å². The predicted molar refractivity (Wildman–Crippen MR) is 121 cm³/mol. The standard InChI is InChI=1S/C23H28Cl2N2O3/c1-4-21(23(29)26-13-16(2)3)27(14-17-5-7-18(24)8-6-17)22(28)15-30-20-11-9-19(25)10-12-20/h5-12,16,21H,4,13-15H2,1-3H3,(H,26,29)/t21-/m1/s1. The predicted octanol–water partition coefficient (Wildman–Crippen LogP) is 4.95. The maximum absolute atomic E-state index is 13.1. The van der Waals surface area contributed by atoms with E-state index in [2.05, 4.69) is 5.32 Å². The molecule has 0 aromatic heterocycles. The summed E-state index contributed by atoms with van der Waals surface area (Å²) in [6.07, 6.45) is 0.490. The molecule has 2 aromatic rings. The van der Waals surface area contributed by atoms with Crippen LogP contribution in [-0.4, -0.2) is 35.9 Å². The van der Waals surface area contributed by atoms with Gasteiger partial charge in [0.05, 0.1) is 0 Å². The van der Waals surface area contributed by atoms with Crippen LogP contribution in [0.3, 0.4) is 0 Å². The third kappa shape index (κ3) is 7.54. The Morgan fingerprint density at radius 3 is 2.10 bits per heavy atom. The van der Waals surface area contributed by atoms with Crippen LogP contribution in [0.2, 0.25) is 10.0 Å². The van der Waals surface area contributed by atoms with Crippen LogP contribution in [0.5, 0.6) is 5.75 Å². The Bertz CT molecular complexity index is 823. The van der Waals surface area contributed by atoms with Gasteiger partial charge in [0, 0.05) is 23.1 Å². The van der Waals surface area contributed by atoms with Gasteiger partial charge in [-0.3, -0.25) is 9.59 Å². The number of halogens is 2. The lowest BCUT2D eigenvalue weighted by Gasteiger charge is -2.30. The molecular weight excluding hydrogens is 423 g/mol. The van der Waals surface area contributed by atoms with Gasteiger partial charge in [0.25, 0.3) is 5.91 Å². The molecule has 5 nitrogen and oxygen atoms in total. The maximum atomic E-state index is 13.1. The molecule has 0 aliphatic rings. The molecule has 0 unspecified atom stereocenters. The molecule has 0 aliphatic carbocycles. The second-order valence-electron chi connectivity index (χ2n) is 7.45. The van der Waals surface area contributed by atoms with Crippen molar-refractivity contribution in [3.8, 4) is 5.75 Å². The van der Waals surface area contributed by atoms with E-state index in [1.54, 1.807) is 41.3 Å². The molecule has 2 rings (SSSR count). The van der Waals surface area contributed by atoms with Crippen molar-refractivity contribution in [1.82, 2.24) is 10.2 Å². The fraction of sp³-hybridized carbons (Fsp3) is 0.391. The van der Waals surface area contributed by atoms with Crippen molar-refractivity contribution in [1.29, 1.82) is 0 Å². The highest BCUT2D eigenvalue weighted by Crippen LogP contribution is 2.18. The molecule has 0 bridgehead atoms. The number of amides is 2. The number of benzene rings is 2. The SMILES string of the molecule is CC[C@H](C(=O)NCC(C)C)N(Cc1ccc(Cl)cc1)C(=O)COc1ccc(Cl)cc1. The van der Waals surface area contributed by atoms with Gasteiger partial charge in [-0.25, -0.2) is 0 Å². The van der Waals surface area contributed by atoms with E-state index >= 15 is 0 Å². The molecule has 2 aromatic carbocycles. The number of carbonyl (C=O) groups is 2. The van der Waals surface area contributed by atoms with Crippen LogP contribution in [0.15, 0.2) is 48.5 Å². The molecule has 30 heavy (non-hydrogen) atoms. The molecule has 1 atom stereocenters. The molecule has 0 saturated carbocycles. The number of rotatable bonds is 10. The van der Waals surface area contributed by atoms with Gasteiger partial charge < -0.3 is 15.0 Å². The van der Waals surface area contributed by atoms with Crippen molar-refractivity contribution in [3.63, 3.8) is 0 Å². The van der Waals surface area contributed by atoms with Gasteiger partial charge in [-0.2, -0.15) is 0 Å². The fourth-order valence-corrected chi connectivity index (χ4v) is 3.14. The zero-order valence-electron chi connectivity index (χ0n) is 17.5. The average molecular weight is 451 g/mol. The highest BCUT2D eigenvalue weighted by molar-refractivity contribution is 6.30. The van der Waals surface area contributed by atoms with Gasteiger partial charge in [-0.05, 0) is 54.3 Å². The van der Waals surface area contributed by atoms with Gasteiger partial charge in [-0.15, -0.1) is 0 Å². The van der Waals surface area contributed by atoms with Gasteiger partial charge >= 0.3 is 0 Å². The van der Waals surface area contributed by atoms with Crippen LogP contribution < -0.4 is 10.1 Å². The molecule has 7 heteroatoms. The number of hydrogen-bond acceptors (Lipinski definition) is 3. The largest absolute Gasteiger partial charge is 0.484 e. The number of hydrogen-bond donors (Lipinski definition) is 1. The number of nitrogens with one attached hydrogen (secondary N) is 1. The van der Waals surface area contributed by atoms with E-state index in [-0.39, 0.29) is 25.0 Å². The summed E-state index contributed by atoms with van der Waals surface area (Å²) in [5.41, 5.74) is 0.884. The second-order valence-corrected chi connectivity index (χ2v) is 8.33. The minimum atomic E-state index is -0.597. The molecular formula is C23H28Cl2N2O3. The molecule has 0 spiro atoms. The van der Waals surface area contributed by atoms with Gasteiger partial charge in [0.2, 0.25) is 5.91 Å². The summed E-state index contributed by atoms with van der Waals surface area (Å²) < 4.78 is 5.63. The Hall–Kier alpha value is -2.24.